The average molecular weight is 533 g/mol. The highest BCUT2D eigenvalue weighted by molar-refractivity contribution is 9.10. The van der Waals surface area contributed by atoms with Gasteiger partial charge in [0.1, 0.15) is 11.9 Å². The van der Waals surface area contributed by atoms with Gasteiger partial charge in [-0.2, -0.15) is 5.26 Å². The number of rotatable bonds is 5. The Labute approximate surface area is 207 Å². The van der Waals surface area contributed by atoms with Gasteiger partial charge in [0.05, 0.1) is 26.8 Å². The summed E-state index contributed by atoms with van der Waals surface area (Å²) in [5.41, 5.74) is 2.12. The van der Waals surface area contributed by atoms with Crippen LogP contribution in [0.4, 0.5) is 10.5 Å². The maximum atomic E-state index is 12.7. The van der Waals surface area contributed by atoms with E-state index in [2.05, 4.69) is 49.7 Å². The number of halogens is 2. The number of hydrogen-bond acceptors (Lipinski definition) is 5. The predicted molar refractivity (Wildman–Crippen MR) is 133 cm³/mol. The number of hydrogen-bond donors (Lipinski definition) is 2. The smallest absolute Gasteiger partial charge is 0.321 e. The van der Waals surface area contributed by atoms with Crippen molar-refractivity contribution in [3.63, 3.8) is 0 Å². The van der Waals surface area contributed by atoms with E-state index in [-0.39, 0.29) is 12.1 Å². The summed E-state index contributed by atoms with van der Waals surface area (Å²) >= 11 is 9.83. The van der Waals surface area contributed by atoms with Gasteiger partial charge in [0.15, 0.2) is 0 Å². The lowest BCUT2D eigenvalue weighted by Gasteiger charge is -2.34. The molecule has 0 aromatic heterocycles. The van der Waals surface area contributed by atoms with Crippen molar-refractivity contribution in [1.82, 2.24) is 15.1 Å². The van der Waals surface area contributed by atoms with E-state index in [0.717, 1.165) is 55.8 Å². The number of nitrogens with one attached hydrogen (secondary N) is 2. The molecule has 9 heteroatoms. The van der Waals surface area contributed by atoms with Gasteiger partial charge in [0.2, 0.25) is 0 Å². The lowest BCUT2D eigenvalue weighted by molar-refractivity contribution is 0.142. The quantitative estimate of drug-likeness (QED) is 0.595. The van der Waals surface area contributed by atoms with Crippen molar-refractivity contribution in [2.75, 3.05) is 44.6 Å². The standard InChI is InChI=1S/C24H27BrClN5O2/c25-20-13-18(2-4-23(20)33-19-5-7-28-8-6-19)16-30-9-11-31(12-10-30)24(32)29-22-14-17(15-27)1-3-21(22)26/h1-4,13-14,19,28H,5-12,16H2,(H,29,32). The van der Waals surface area contributed by atoms with Crippen LogP contribution in [0.25, 0.3) is 0 Å². The number of nitriles is 1. The normalized spacial score (nSPS) is 17.4. The maximum Gasteiger partial charge on any atom is 0.321 e. The minimum Gasteiger partial charge on any atom is -0.489 e. The molecule has 0 atom stereocenters. The van der Waals surface area contributed by atoms with Gasteiger partial charge in [-0.25, -0.2) is 4.79 Å². The van der Waals surface area contributed by atoms with Crippen molar-refractivity contribution in [2.24, 2.45) is 0 Å². The fraction of sp³-hybridized carbons (Fsp3) is 0.417. The number of carbonyl (C=O) groups is 1. The highest BCUT2D eigenvalue weighted by atomic mass is 79.9. The van der Waals surface area contributed by atoms with Gasteiger partial charge in [0.25, 0.3) is 0 Å². The molecule has 4 rings (SSSR count). The lowest BCUT2D eigenvalue weighted by atomic mass is 10.1. The molecule has 0 unspecified atom stereocenters. The average Bonchev–Trinajstić information content (AvgIpc) is 2.83. The SMILES string of the molecule is N#Cc1ccc(Cl)c(NC(=O)N2CCN(Cc3ccc(OC4CCNCC4)c(Br)c3)CC2)c1. The number of ether oxygens (including phenoxy) is 1. The van der Waals surface area contributed by atoms with Crippen LogP contribution in [0.1, 0.15) is 24.0 Å². The number of nitrogens with zero attached hydrogens (tertiary/aromatic N) is 3. The van der Waals surface area contributed by atoms with E-state index in [1.54, 1.807) is 23.1 Å². The molecule has 0 saturated carbocycles. The Morgan fingerprint density at radius 3 is 2.64 bits per heavy atom. The molecule has 0 aliphatic carbocycles. The molecule has 2 N–H and O–H groups in total. The van der Waals surface area contributed by atoms with Crippen molar-refractivity contribution >= 4 is 39.2 Å². The lowest BCUT2D eigenvalue weighted by Crippen LogP contribution is -2.49. The summed E-state index contributed by atoms with van der Waals surface area (Å²) in [6, 6.07) is 13.0. The zero-order valence-electron chi connectivity index (χ0n) is 18.3. The van der Waals surface area contributed by atoms with Gasteiger partial charge < -0.3 is 20.3 Å². The molecule has 2 saturated heterocycles. The van der Waals surface area contributed by atoms with Crippen LogP contribution in [0.5, 0.6) is 5.75 Å². The minimum atomic E-state index is -0.200. The molecule has 7 nitrogen and oxygen atoms in total. The molecule has 2 fully saturated rings. The van der Waals surface area contributed by atoms with Crippen LogP contribution < -0.4 is 15.4 Å². The molecular formula is C24H27BrClN5O2. The van der Waals surface area contributed by atoms with Crippen LogP contribution in [-0.4, -0.2) is 61.2 Å². The monoisotopic (exact) mass is 531 g/mol. The molecule has 174 valence electrons. The Balaban J connectivity index is 1.27. The van der Waals surface area contributed by atoms with Crippen molar-refractivity contribution in [3.8, 4) is 11.8 Å². The van der Waals surface area contributed by atoms with Gasteiger partial charge in [-0.15, -0.1) is 0 Å². The summed E-state index contributed by atoms with van der Waals surface area (Å²) in [6.45, 7) is 5.64. The number of carbonyl (C=O) groups excluding carboxylic acids is 1. The molecule has 2 heterocycles. The fourth-order valence-corrected chi connectivity index (χ4v) is 4.77. The largest absolute Gasteiger partial charge is 0.489 e. The van der Waals surface area contributed by atoms with Gasteiger partial charge in [-0.05, 0) is 77.8 Å². The Hall–Kier alpha value is -2.31. The Bertz CT molecular complexity index is 1030. The first-order valence-corrected chi connectivity index (χ1v) is 12.3. The summed E-state index contributed by atoms with van der Waals surface area (Å²) in [5, 5.41) is 15.7. The number of amides is 2. The number of anilines is 1. The highest BCUT2D eigenvalue weighted by Crippen LogP contribution is 2.29. The zero-order chi connectivity index (χ0) is 23.2. The molecule has 0 radical (unpaired) electrons. The molecule has 2 aliphatic heterocycles. The van der Waals surface area contributed by atoms with Gasteiger partial charge in [-0.1, -0.05) is 17.7 Å². The summed E-state index contributed by atoms with van der Waals surface area (Å²) in [7, 11) is 0. The first-order valence-electron chi connectivity index (χ1n) is 11.2. The van der Waals surface area contributed by atoms with E-state index in [1.807, 2.05) is 6.07 Å². The predicted octanol–water partition coefficient (Wildman–Crippen LogP) is 4.45. The molecule has 2 amide bonds. The molecular weight excluding hydrogens is 506 g/mol. The van der Waals surface area contributed by atoms with Gasteiger partial charge >= 0.3 is 6.03 Å². The Kier molecular flexibility index (Phi) is 8.10. The van der Waals surface area contributed by atoms with Gasteiger partial charge in [-0.3, -0.25) is 4.90 Å². The van der Waals surface area contributed by atoms with E-state index in [4.69, 9.17) is 21.6 Å². The van der Waals surface area contributed by atoms with Crippen LogP contribution in [0.3, 0.4) is 0 Å². The highest BCUT2D eigenvalue weighted by Gasteiger charge is 2.22. The van der Waals surface area contributed by atoms with E-state index < -0.39 is 0 Å². The van der Waals surface area contributed by atoms with E-state index in [9.17, 15) is 4.79 Å². The van der Waals surface area contributed by atoms with Crippen LogP contribution >= 0.6 is 27.5 Å². The number of benzene rings is 2. The number of urea groups is 1. The molecule has 2 aliphatic rings. The van der Waals surface area contributed by atoms with E-state index in [0.29, 0.717) is 29.4 Å². The van der Waals surface area contributed by atoms with Crippen LogP contribution in [0.15, 0.2) is 40.9 Å². The molecule has 2 aromatic carbocycles. The second-order valence-electron chi connectivity index (χ2n) is 8.33. The molecule has 2 aromatic rings. The van der Waals surface area contributed by atoms with Crippen molar-refractivity contribution in [3.05, 3.63) is 57.0 Å². The number of piperazine rings is 1. The first-order chi connectivity index (χ1) is 16.0. The third-order valence-corrected chi connectivity index (χ3v) is 6.93. The summed E-state index contributed by atoms with van der Waals surface area (Å²) < 4.78 is 7.14. The Morgan fingerprint density at radius 2 is 1.94 bits per heavy atom. The third kappa shape index (κ3) is 6.39. The van der Waals surface area contributed by atoms with Crippen molar-refractivity contribution in [2.45, 2.75) is 25.5 Å². The molecule has 0 bridgehead atoms. The van der Waals surface area contributed by atoms with Crippen LogP contribution in [0, 0.1) is 11.3 Å². The fourth-order valence-electron chi connectivity index (χ4n) is 4.08. The second kappa shape index (κ2) is 11.2. The van der Waals surface area contributed by atoms with Crippen LogP contribution in [-0.2, 0) is 6.54 Å². The topological polar surface area (TPSA) is 80.6 Å². The van der Waals surface area contributed by atoms with Gasteiger partial charge in [0, 0.05) is 32.7 Å². The summed E-state index contributed by atoms with van der Waals surface area (Å²) in [6.07, 6.45) is 2.33. The zero-order valence-corrected chi connectivity index (χ0v) is 20.7. The Morgan fingerprint density at radius 1 is 1.18 bits per heavy atom. The molecule has 0 spiro atoms. The first kappa shape index (κ1) is 23.8. The van der Waals surface area contributed by atoms with Crippen molar-refractivity contribution in [1.29, 1.82) is 5.26 Å². The molecule has 33 heavy (non-hydrogen) atoms. The number of piperidine rings is 1. The summed E-state index contributed by atoms with van der Waals surface area (Å²) in [4.78, 5) is 16.8. The maximum absolute atomic E-state index is 12.7. The second-order valence-corrected chi connectivity index (χ2v) is 9.59. The van der Waals surface area contributed by atoms with E-state index in [1.165, 1.54) is 5.56 Å². The third-order valence-electron chi connectivity index (χ3n) is 5.98. The van der Waals surface area contributed by atoms with Crippen molar-refractivity contribution < 1.29 is 9.53 Å². The summed E-state index contributed by atoms with van der Waals surface area (Å²) in [5.74, 6) is 0.895. The minimum absolute atomic E-state index is 0.200. The van der Waals surface area contributed by atoms with Crippen LogP contribution in [0.2, 0.25) is 5.02 Å². The van der Waals surface area contributed by atoms with E-state index >= 15 is 0 Å².